The van der Waals surface area contributed by atoms with Gasteiger partial charge in [0.2, 0.25) is 0 Å². The first-order valence-corrected chi connectivity index (χ1v) is 16.3. The fourth-order valence-corrected chi connectivity index (χ4v) is 6.50. The number of nitrogens with two attached hydrogens (primary N) is 1. The Bertz CT molecular complexity index is 2150. The van der Waals surface area contributed by atoms with Gasteiger partial charge in [-0.15, -0.1) is 11.3 Å². The second kappa shape index (κ2) is 13.9. The number of methoxy groups -OCH3 is 2. The number of amides is 1. The van der Waals surface area contributed by atoms with Crippen LogP contribution in [-0.2, 0) is 0 Å². The zero-order chi connectivity index (χ0) is 33.8. The number of carbonyl (C=O) groups is 2. The van der Waals surface area contributed by atoms with E-state index in [-0.39, 0.29) is 5.78 Å². The molecule has 0 unspecified atom stereocenters. The van der Waals surface area contributed by atoms with E-state index in [1.807, 2.05) is 66.7 Å². The van der Waals surface area contributed by atoms with Gasteiger partial charge in [0, 0.05) is 33.3 Å². The number of fused-ring (bicyclic) bond motifs is 1. The molecule has 1 amide bonds. The van der Waals surface area contributed by atoms with Gasteiger partial charge in [-0.3, -0.25) is 9.59 Å². The van der Waals surface area contributed by atoms with Crippen molar-refractivity contribution in [3.63, 3.8) is 0 Å². The number of nitrogens with one attached hydrogen (secondary N) is 1. The van der Waals surface area contributed by atoms with E-state index in [0.717, 1.165) is 27.9 Å². The molecule has 7 nitrogen and oxygen atoms in total. The number of pyridine rings is 1. The van der Waals surface area contributed by atoms with E-state index >= 15 is 0 Å². The molecule has 0 saturated heterocycles. The van der Waals surface area contributed by atoms with Crippen molar-refractivity contribution in [2.45, 2.75) is 19.8 Å². The van der Waals surface area contributed by atoms with Crippen molar-refractivity contribution in [3.8, 4) is 33.9 Å². The van der Waals surface area contributed by atoms with Crippen LogP contribution in [0, 0.1) is 0 Å². The molecule has 0 saturated carbocycles. The molecule has 240 valence electrons. The smallest absolute Gasteiger partial charge is 0.267 e. The van der Waals surface area contributed by atoms with Crippen LogP contribution in [0.5, 0.6) is 11.5 Å². The molecule has 0 fully saturated rings. The Balaban J connectivity index is 1.33. The summed E-state index contributed by atoms with van der Waals surface area (Å²) >= 11 is 1.21. The summed E-state index contributed by atoms with van der Waals surface area (Å²) in [7, 11) is 3.21. The maximum atomic E-state index is 13.7. The highest BCUT2D eigenvalue weighted by atomic mass is 32.1. The minimum absolute atomic E-state index is 0.171. The molecule has 0 spiro atoms. The largest absolute Gasteiger partial charge is 0.497 e. The average Bonchev–Trinajstić information content (AvgIpc) is 3.46. The zero-order valence-corrected chi connectivity index (χ0v) is 27.9. The molecule has 4 aromatic carbocycles. The summed E-state index contributed by atoms with van der Waals surface area (Å²) in [6, 6.07) is 32.3. The van der Waals surface area contributed by atoms with Gasteiger partial charge in [0.15, 0.2) is 5.78 Å². The van der Waals surface area contributed by atoms with Crippen LogP contribution in [-0.4, -0.2) is 30.9 Å². The van der Waals surface area contributed by atoms with Crippen molar-refractivity contribution in [1.29, 1.82) is 0 Å². The van der Waals surface area contributed by atoms with Crippen molar-refractivity contribution in [2.24, 2.45) is 0 Å². The fourth-order valence-electron chi connectivity index (χ4n) is 5.48. The minimum Gasteiger partial charge on any atom is -0.497 e. The molecule has 2 aromatic heterocycles. The quantitative estimate of drug-likeness (QED) is 0.113. The first kappa shape index (κ1) is 32.2. The van der Waals surface area contributed by atoms with E-state index in [4.69, 9.17) is 20.2 Å². The molecule has 0 aliphatic heterocycles. The monoisotopic (exact) mass is 653 g/mol. The summed E-state index contributed by atoms with van der Waals surface area (Å²) in [4.78, 5) is 32.6. The number of allylic oxidation sites excluding steroid dienone is 1. The van der Waals surface area contributed by atoms with Crippen LogP contribution >= 0.6 is 11.3 Å². The van der Waals surface area contributed by atoms with Gasteiger partial charge >= 0.3 is 0 Å². The number of ketones is 1. The number of anilines is 2. The van der Waals surface area contributed by atoms with Crippen molar-refractivity contribution in [1.82, 2.24) is 4.98 Å². The van der Waals surface area contributed by atoms with Crippen molar-refractivity contribution < 1.29 is 19.1 Å². The zero-order valence-electron chi connectivity index (χ0n) is 27.1. The van der Waals surface area contributed by atoms with Crippen LogP contribution in [0.2, 0.25) is 0 Å². The minimum atomic E-state index is -0.397. The lowest BCUT2D eigenvalue weighted by Crippen LogP contribution is -2.12. The van der Waals surface area contributed by atoms with E-state index in [9.17, 15) is 9.59 Å². The van der Waals surface area contributed by atoms with E-state index < -0.39 is 5.91 Å². The highest BCUT2D eigenvalue weighted by Gasteiger charge is 2.23. The summed E-state index contributed by atoms with van der Waals surface area (Å²) in [5.74, 6) is 1.15. The number of carbonyl (C=O) groups excluding carboxylic acids is 2. The molecule has 0 aliphatic rings. The van der Waals surface area contributed by atoms with Crippen LogP contribution in [0.4, 0.5) is 11.4 Å². The number of thiophene rings is 1. The SMILES string of the molecule is COc1ccc(OC)c(-c2cc(-c3ccccc3)nc3sc(C(=O)Nc4cccc(C(=O)C=Cc5ccc(C(C)C)cc5)c4)c(N)c23)c1. The number of benzene rings is 4. The molecular weight excluding hydrogens is 619 g/mol. The van der Waals surface area contributed by atoms with Gasteiger partial charge in [0.1, 0.15) is 21.2 Å². The third-order valence-electron chi connectivity index (χ3n) is 8.11. The third kappa shape index (κ3) is 6.70. The van der Waals surface area contributed by atoms with Crippen LogP contribution in [0.25, 0.3) is 38.7 Å². The highest BCUT2D eigenvalue weighted by Crippen LogP contribution is 2.45. The number of rotatable bonds is 10. The second-order valence-corrected chi connectivity index (χ2v) is 12.6. The predicted molar refractivity (Wildman–Crippen MR) is 196 cm³/mol. The average molecular weight is 654 g/mol. The Morgan fingerprint density at radius 2 is 1.62 bits per heavy atom. The van der Waals surface area contributed by atoms with Crippen LogP contribution in [0.15, 0.2) is 109 Å². The van der Waals surface area contributed by atoms with Crippen molar-refractivity contribution in [2.75, 3.05) is 25.3 Å². The summed E-state index contributed by atoms with van der Waals surface area (Å²) in [5, 5.41) is 3.58. The van der Waals surface area contributed by atoms with E-state index in [1.54, 1.807) is 50.6 Å². The van der Waals surface area contributed by atoms with Gasteiger partial charge in [-0.05, 0) is 59.5 Å². The summed E-state index contributed by atoms with van der Waals surface area (Å²) in [6.07, 6.45) is 3.33. The van der Waals surface area contributed by atoms with Gasteiger partial charge in [-0.25, -0.2) is 4.98 Å². The lowest BCUT2D eigenvalue weighted by Gasteiger charge is -2.14. The third-order valence-corrected chi connectivity index (χ3v) is 9.20. The maximum absolute atomic E-state index is 13.7. The maximum Gasteiger partial charge on any atom is 0.267 e. The fraction of sp³-hybridized carbons (Fsp3) is 0.125. The summed E-state index contributed by atoms with van der Waals surface area (Å²) < 4.78 is 11.3. The van der Waals surface area contributed by atoms with Gasteiger partial charge in [0.05, 0.1) is 25.6 Å². The number of aromatic nitrogens is 1. The Labute approximate surface area is 283 Å². The number of ether oxygens (including phenoxy) is 2. The molecule has 0 bridgehead atoms. The van der Waals surface area contributed by atoms with Crippen LogP contribution in [0.3, 0.4) is 0 Å². The topological polar surface area (TPSA) is 104 Å². The van der Waals surface area contributed by atoms with Gasteiger partial charge in [-0.1, -0.05) is 86.7 Å². The Morgan fingerprint density at radius 3 is 2.33 bits per heavy atom. The lowest BCUT2D eigenvalue weighted by molar-refractivity contribution is 0.102. The molecule has 0 atom stereocenters. The molecule has 6 rings (SSSR count). The molecule has 48 heavy (non-hydrogen) atoms. The number of hydrogen-bond acceptors (Lipinski definition) is 7. The van der Waals surface area contributed by atoms with E-state index in [1.165, 1.54) is 16.9 Å². The number of hydrogen-bond donors (Lipinski definition) is 2. The summed E-state index contributed by atoms with van der Waals surface area (Å²) in [6.45, 7) is 4.29. The van der Waals surface area contributed by atoms with E-state index in [2.05, 4.69) is 31.3 Å². The highest BCUT2D eigenvalue weighted by molar-refractivity contribution is 7.21. The number of nitrogens with zero attached hydrogens (tertiary/aromatic N) is 1. The molecule has 2 heterocycles. The van der Waals surface area contributed by atoms with Crippen LogP contribution < -0.4 is 20.5 Å². The second-order valence-electron chi connectivity index (χ2n) is 11.6. The Hall–Kier alpha value is -5.73. The van der Waals surface area contributed by atoms with Gasteiger partial charge in [-0.2, -0.15) is 0 Å². The summed E-state index contributed by atoms with van der Waals surface area (Å²) in [5.41, 5.74) is 13.3. The first-order chi connectivity index (χ1) is 23.2. The molecular formula is C40H35N3O4S. The molecule has 3 N–H and O–H groups in total. The Kier molecular flexibility index (Phi) is 9.36. The molecule has 8 heteroatoms. The molecule has 0 radical (unpaired) electrons. The normalized spacial score (nSPS) is 11.3. The lowest BCUT2D eigenvalue weighted by atomic mass is 9.98. The van der Waals surface area contributed by atoms with Crippen molar-refractivity contribution >= 4 is 50.7 Å². The molecule has 0 aliphatic carbocycles. The van der Waals surface area contributed by atoms with Crippen LogP contribution in [0.1, 0.15) is 50.9 Å². The molecule has 6 aromatic rings. The first-order valence-electron chi connectivity index (χ1n) is 15.5. The van der Waals surface area contributed by atoms with Crippen molar-refractivity contribution in [3.05, 3.63) is 131 Å². The Morgan fingerprint density at radius 1 is 0.854 bits per heavy atom. The predicted octanol–water partition coefficient (Wildman–Crippen LogP) is 9.50. The number of nitrogen functional groups attached to an aromatic ring is 1. The van der Waals surface area contributed by atoms with Gasteiger partial charge in [0.25, 0.3) is 5.91 Å². The van der Waals surface area contributed by atoms with E-state index in [0.29, 0.717) is 49.4 Å². The van der Waals surface area contributed by atoms with Gasteiger partial charge < -0.3 is 20.5 Å². The standard InChI is InChI=1S/C40H35N3O4S/c1-24(2)26-16-13-25(14-17-26)15-19-34(44)28-11-8-12-29(21-28)42-39(45)38-37(41)36-32(31-22-30(46-3)18-20-35(31)47-4)23-33(43-40(36)48-38)27-9-6-5-7-10-27/h5-24H,41H2,1-4H3,(H,42,45).